The standard InChI is InChI=1S/C29H32ClFN8O4/c1-37-9-11-39(12-10-37)8-6-27(41)34-26-14-19(5-7-32-26)33-24-15-23(20-13-18(30)3-4-22(20)31)35-36-28(24)38(2)16-21-25(40)17-43-29(21)42/h3-5,7,13-15,21H,6,8-12,16-17H2,1-2H3,(H2,32,33,34,35,41). The molecule has 0 spiro atoms. The van der Waals surface area contributed by atoms with Crippen LogP contribution in [0.5, 0.6) is 0 Å². The van der Waals surface area contributed by atoms with Gasteiger partial charge in [0.25, 0.3) is 0 Å². The van der Waals surface area contributed by atoms with Gasteiger partial charge in [-0.15, -0.1) is 10.2 Å². The lowest BCUT2D eigenvalue weighted by Gasteiger charge is -2.32. The van der Waals surface area contributed by atoms with Crippen molar-refractivity contribution in [1.82, 2.24) is 25.0 Å². The van der Waals surface area contributed by atoms with E-state index >= 15 is 0 Å². The van der Waals surface area contributed by atoms with Crippen molar-refractivity contribution in [3.8, 4) is 11.3 Å². The Hall–Kier alpha value is -4.20. The van der Waals surface area contributed by atoms with E-state index in [2.05, 4.69) is 42.7 Å². The molecular formula is C29H32ClFN8O4. The first-order valence-corrected chi connectivity index (χ1v) is 14.2. The highest BCUT2D eigenvalue weighted by Gasteiger charge is 2.36. The minimum absolute atomic E-state index is 0.0108. The van der Waals surface area contributed by atoms with E-state index < -0.39 is 17.7 Å². The molecule has 12 nitrogen and oxygen atoms in total. The van der Waals surface area contributed by atoms with E-state index in [9.17, 15) is 18.8 Å². The number of carbonyl (C=O) groups excluding carboxylic acids is 3. The average Bonchev–Trinajstić information content (AvgIpc) is 3.30. The van der Waals surface area contributed by atoms with Gasteiger partial charge in [-0.3, -0.25) is 14.4 Å². The van der Waals surface area contributed by atoms with Crippen LogP contribution in [-0.2, 0) is 19.1 Å². The number of hydrogen-bond donors (Lipinski definition) is 2. The molecular weight excluding hydrogens is 579 g/mol. The number of piperazine rings is 1. The van der Waals surface area contributed by atoms with Gasteiger partial charge in [0.2, 0.25) is 5.91 Å². The summed E-state index contributed by atoms with van der Waals surface area (Å²) in [7, 11) is 3.74. The van der Waals surface area contributed by atoms with Crippen LogP contribution >= 0.6 is 11.6 Å². The first kappa shape index (κ1) is 30.3. The number of nitrogens with one attached hydrogen (secondary N) is 2. The summed E-state index contributed by atoms with van der Waals surface area (Å²) in [5, 5.41) is 14.9. The van der Waals surface area contributed by atoms with Crippen LogP contribution in [0, 0.1) is 11.7 Å². The van der Waals surface area contributed by atoms with E-state index in [-0.39, 0.29) is 36.1 Å². The minimum atomic E-state index is -0.960. The van der Waals surface area contributed by atoms with E-state index in [1.807, 2.05) is 0 Å². The molecule has 2 aromatic heterocycles. The largest absolute Gasteiger partial charge is 0.457 e. The molecule has 1 aromatic carbocycles. The van der Waals surface area contributed by atoms with Crippen molar-refractivity contribution in [1.29, 1.82) is 0 Å². The number of nitrogens with zero attached hydrogens (tertiary/aromatic N) is 6. The van der Waals surface area contributed by atoms with Gasteiger partial charge in [-0.1, -0.05) is 11.6 Å². The molecule has 1 unspecified atom stereocenters. The molecule has 1 amide bonds. The lowest BCUT2D eigenvalue weighted by atomic mass is 10.1. The Morgan fingerprint density at radius 2 is 1.93 bits per heavy atom. The summed E-state index contributed by atoms with van der Waals surface area (Å²) in [6.07, 6.45) is 1.88. The molecule has 0 bridgehead atoms. The molecule has 2 saturated heterocycles. The number of rotatable bonds is 10. The van der Waals surface area contributed by atoms with Gasteiger partial charge >= 0.3 is 5.97 Å². The van der Waals surface area contributed by atoms with Gasteiger partial charge in [-0.25, -0.2) is 9.37 Å². The van der Waals surface area contributed by atoms with Crippen molar-refractivity contribution in [2.75, 3.05) is 75.5 Å². The van der Waals surface area contributed by atoms with Crippen molar-refractivity contribution in [2.24, 2.45) is 5.92 Å². The SMILES string of the molecule is CN1CCN(CCC(=O)Nc2cc(Nc3cc(-c4cc(Cl)ccc4F)nnc3N(C)CC3C(=O)COC3=O)ccn2)CC1. The number of halogens is 2. The second-order valence-corrected chi connectivity index (χ2v) is 11.0. The molecule has 5 rings (SSSR count). The number of amides is 1. The quantitative estimate of drug-likeness (QED) is 0.259. The Balaban J connectivity index is 1.35. The monoisotopic (exact) mass is 610 g/mol. The van der Waals surface area contributed by atoms with Crippen LogP contribution < -0.4 is 15.5 Å². The Labute approximate surface area is 253 Å². The van der Waals surface area contributed by atoms with Crippen LogP contribution in [0.3, 0.4) is 0 Å². The topological polar surface area (TPSA) is 133 Å². The number of likely N-dealkylation sites (N-methyl/N-ethyl adjacent to an activating group) is 1. The van der Waals surface area contributed by atoms with Crippen LogP contribution in [0.2, 0.25) is 5.02 Å². The van der Waals surface area contributed by atoms with E-state index in [0.29, 0.717) is 41.0 Å². The number of carbonyl (C=O) groups is 3. The lowest BCUT2D eigenvalue weighted by Crippen LogP contribution is -2.45. The summed E-state index contributed by atoms with van der Waals surface area (Å²) in [6, 6.07) is 9.08. The summed E-state index contributed by atoms with van der Waals surface area (Å²) in [6.45, 7) is 4.22. The highest BCUT2D eigenvalue weighted by molar-refractivity contribution is 6.30. The van der Waals surface area contributed by atoms with Crippen LogP contribution in [0.4, 0.5) is 27.4 Å². The fourth-order valence-electron chi connectivity index (χ4n) is 4.86. The van der Waals surface area contributed by atoms with Gasteiger partial charge in [0.15, 0.2) is 18.2 Å². The molecule has 0 aliphatic carbocycles. The van der Waals surface area contributed by atoms with E-state index in [4.69, 9.17) is 16.3 Å². The molecule has 2 N–H and O–H groups in total. The van der Waals surface area contributed by atoms with Gasteiger partial charge in [-0.2, -0.15) is 0 Å². The summed E-state index contributed by atoms with van der Waals surface area (Å²) in [5.74, 6) is -1.91. The smallest absolute Gasteiger partial charge is 0.318 e. The van der Waals surface area contributed by atoms with Gasteiger partial charge in [0, 0.05) is 81.3 Å². The van der Waals surface area contributed by atoms with Gasteiger partial charge in [-0.05, 0) is 37.4 Å². The molecule has 3 aromatic rings. The Bertz CT molecular complexity index is 1500. The molecule has 43 heavy (non-hydrogen) atoms. The fraction of sp³-hybridized carbons (Fsp3) is 0.379. The van der Waals surface area contributed by atoms with E-state index in [1.165, 1.54) is 18.2 Å². The zero-order valence-corrected chi connectivity index (χ0v) is 24.6. The maximum atomic E-state index is 14.7. The summed E-state index contributed by atoms with van der Waals surface area (Å²) >= 11 is 6.11. The van der Waals surface area contributed by atoms with Crippen molar-refractivity contribution < 1.29 is 23.5 Å². The van der Waals surface area contributed by atoms with Crippen molar-refractivity contribution in [3.63, 3.8) is 0 Å². The van der Waals surface area contributed by atoms with Crippen molar-refractivity contribution in [2.45, 2.75) is 6.42 Å². The number of benzene rings is 1. The number of Topliss-reactive ketones (excluding diaryl/α,β-unsaturated/α-hetero) is 1. The summed E-state index contributed by atoms with van der Waals surface area (Å²) < 4.78 is 19.6. The second-order valence-electron chi connectivity index (χ2n) is 10.6. The highest BCUT2D eigenvalue weighted by Crippen LogP contribution is 2.33. The first-order chi connectivity index (χ1) is 20.7. The molecule has 0 radical (unpaired) electrons. The Morgan fingerprint density at radius 3 is 2.67 bits per heavy atom. The number of esters is 1. The van der Waals surface area contributed by atoms with Gasteiger partial charge in [0.05, 0.1) is 11.4 Å². The molecule has 2 aliphatic heterocycles. The van der Waals surface area contributed by atoms with Crippen molar-refractivity contribution >= 4 is 52.3 Å². The first-order valence-electron chi connectivity index (χ1n) is 13.8. The van der Waals surface area contributed by atoms with Crippen LogP contribution in [0.15, 0.2) is 42.6 Å². The maximum absolute atomic E-state index is 14.7. The van der Waals surface area contributed by atoms with Crippen LogP contribution in [0.1, 0.15) is 6.42 Å². The number of aromatic nitrogens is 3. The summed E-state index contributed by atoms with van der Waals surface area (Å²) in [4.78, 5) is 47.3. The average molecular weight is 611 g/mol. The molecule has 1 atom stereocenters. The van der Waals surface area contributed by atoms with Gasteiger partial charge < -0.3 is 30.1 Å². The molecule has 0 saturated carbocycles. The number of pyridine rings is 1. The molecule has 2 aliphatic rings. The zero-order valence-electron chi connectivity index (χ0n) is 23.8. The normalized spacial score (nSPS) is 17.5. The molecule has 226 valence electrons. The molecule has 2 fully saturated rings. The van der Waals surface area contributed by atoms with E-state index in [0.717, 1.165) is 26.2 Å². The number of hydrogen-bond acceptors (Lipinski definition) is 11. The Kier molecular flexibility index (Phi) is 9.43. The number of anilines is 4. The third-order valence-corrected chi connectivity index (χ3v) is 7.62. The van der Waals surface area contributed by atoms with Gasteiger partial charge in [0.1, 0.15) is 17.6 Å². The summed E-state index contributed by atoms with van der Waals surface area (Å²) in [5.41, 5.74) is 1.32. The maximum Gasteiger partial charge on any atom is 0.318 e. The molecule has 14 heteroatoms. The van der Waals surface area contributed by atoms with Crippen LogP contribution in [-0.4, -0.2) is 103 Å². The van der Waals surface area contributed by atoms with Crippen LogP contribution in [0.25, 0.3) is 11.3 Å². The fourth-order valence-corrected chi connectivity index (χ4v) is 5.04. The number of cyclic esters (lactones) is 1. The van der Waals surface area contributed by atoms with E-state index in [1.54, 1.807) is 36.3 Å². The lowest BCUT2D eigenvalue weighted by molar-refractivity contribution is -0.141. The predicted octanol–water partition coefficient (Wildman–Crippen LogP) is 2.83. The number of ketones is 1. The molecule has 4 heterocycles. The Morgan fingerprint density at radius 1 is 1.14 bits per heavy atom. The van der Waals surface area contributed by atoms with Crippen molar-refractivity contribution in [3.05, 3.63) is 53.4 Å². The third kappa shape index (κ3) is 7.61. The number of ether oxygens (including phenoxy) is 1. The third-order valence-electron chi connectivity index (χ3n) is 7.38. The highest BCUT2D eigenvalue weighted by atomic mass is 35.5. The zero-order chi connectivity index (χ0) is 30.5. The minimum Gasteiger partial charge on any atom is -0.457 e. The second kappa shape index (κ2) is 13.4. The predicted molar refractivity (Wildman–Crippen MR) is 160 cm³/mol.